The van der Waals surface area contributed by atoms with E-state index in [1.54, 1.807) is 34.1 Å². The van der Waals surface area contributed by atoms with Crippen molar-refractivity contribution in [2.45, 2.75) is 19.8 Å². The molecule has 0 unspecified atom stereocenters. The summed E-state index contributed by atoms with van der Waals surface area (Å²) in [5.41, 5.74) is 0. The molecular weight excluding hydrogens is 284 g/mol. The molecule has 0 saturated carbocycles. The fraction of sp³-hybridized carbons (Fsp3) is 0.438. The minimum absolute atomic E-state index is 0.0124. The van der Waals surface area contributed by atoms with Gasteiger partial charge in [0.2, 0.25) is 5.91 Å². The van der Waals surface area contributed by atoms with Crippen molar-refractivity contribution in [3.63, 3.8) is 0 Å². The molecule has 0 spiro atoms. The van der Waals surface area contributed by atoms with Crippen LogP contribution in [0.25, 0.3) is 0 Å². The van der Waals surface area contributed by atoms with Crippen molar-refractivity contribution in [2.24, 2.45) is 0 Å². The molecule has 0 atom stereocenters. The van der Waals surface area contributed by atoms with E-state index in [-0.39, 0.29) is 24.5 Å². The number of hydrogen-bond acceptors (Lipinski definition) is 4. The Morgan fingerprint density at radius 2 is 1.55 bits per heavy atom. The lowest BCUT2D eigenvalue weighted by molar-refractivity contribution is -0.134. The third kappa shape index (κ3) is 4.58. The summed E-state index contributed by atoms with van der Waals surface area (Å²) in [6.45, 7) is 3.31. The van der Waals surface area contributed by atoms with Crippen molar-refractivity contribution in [1.29, 1.82) is 0 Å². The zero-order chi connectivity index (χ0) is 15.9. The molecule has 1 fully saturated rings. The first-order chi connectivity index (χ1) is 10.6. The molecule has 1 heterocycles. The van der Waals surface area contributed by atoms with Gasteiger partial charge in [-0.25, -0.2) is 4.79 Å². The fourth-order valence-electron chi connectivity index (χ4n) is 2.23. The van der Waals surface area contributed by atoms with E-state index in [0.29, 0.717) is 31.9 Å². The molecule has 118 valence electrons. The van der Waals surface area contributed by atoms with E-state index >= 15 is 0 Å². The number of rotatable bonds is 4. The second kappa shape index (κ2) is 7.59. The highest BCUT2D eigenvalue weighted by molar-refractivity contribution is 5.83. The van der Waals surface area contributed by atoms with Crippen LogP contribution in [0.3, 0.4) is 0 Å². The second-order valence-electron chi connectivity index (χ2n) is 5.25. The van der Waals surface area contributed by atoms with Crippen LogP contribution in [0.2, 0.25) is 0 Å². The van der Waals surface area contributed by atoms with Gasteiger partial charge in [0.1, 0.15) is 11.5 Å². The zero-order valence-electron chi connectivity index (χ0n) is 12.7. The van der Waals surface area contributed by atoms with Crippen molar-refractivity contribution < 1.29 is 19.1 Å². The SMILES string of the molecule is CC(=O)CCC(=O)N1CCN(C(=O)Oc2ccccc2)CC1. The molecular formula is C16H20N2O4. The minimum atomic E-state index is -0.401. The van der Waals surface area contributed by atoms with E-state index < -0.39 is 6.09 Å². The summed E-state index contributed by atoms with van der Waals surface area (Å²) in [5, 5.41) is 0. The van der Waals surface area contributed by atoms with Crippen molar-refractivity contribution in [2.75, 3.05) is 26.2 Å². The molecule has 1 aromatic rings. The molecule has 2 rings (SSSR count). The van der Waals surface area contributed by atoms with Gasteiger partial charge >= 0.3 is 6.09 Å². The van der Waals surface area contributed by atoms with Crippen LogP contribution in [0, 0.1) is 0 Å². The molecule has 0 radical (unpaired) electrons. The predicted octanol–water partition coefficient (Wildman–Crippen LogP) is 1.70. The largest absolute Gasteiger partial charge is 0.415 e. The first-order valence-corrected chi connectivity index (χ1v) is 7.35. The quantitative estimate of drug-likeness (QED) is 0.849. The molecule has 2 amide bonds. The van der Waals surface area contributed by atoms with Crippen molar-refractivity contribution in [1.82, 2.24) is 9.80 Å². The molecule has 0 aromatic heterocycles. The highest BCUT2D eigenvalue weighted by atomic mass is 16.6. The Bertz CT molecular complexity index is 536. The van der Waals surface area contributed by atoms with Gasteiger partial charge in [-0.1, -0.05) is 18.2 Å². The van der Waals surface area contributed by atoms with E-state index in [4.69, 9.17) is 4.74 Å². The van der Waals surface area contributed by atoms with Gasteiger partial charge in [-0.15, -0.1) is 0 Å². The highest BCUT2D eigenvalue weighted by Gasteiger charge is 2.25. The van der Waals surface area contributed by atoms with Gasteiger partial charge in [0.25, 0.3) is 0 Å². The molecule has 0 N–H and O–H groups in total. The van der Waals surface area contributed by atoms with Crippen LogP contribution in [0.15, 0.2) is 30.3 Å². The lowest BCUT2D eigenvalue weighted by atomic mass is 10.2. The van der Waals surface area contributed by atoms with Crippen LogP contribution in [0.4, 0.5) is 4.79 Å². The Morgan fingerprint density at radius 1 is 0.955 bits per heavy atom. The summed E-state index contributed by atoms with van der Waals surface area (Å²) in [4.78, 5) is 38.1. The Labute approximate surface area is 129 Å². The minimum Gasteiger partial charge on any atom is -0.410 e. The predicted molar refractivity (Wildman–Crippen MR) is 80.5 cm³/mol. The second-order valence-corrected chi connectivity index (χ2v) is 5.25. The number of piperazine rings is 1. The van der Waals surface area contributed by atoms with Crippen LogP contribution in [-0.2, 0) is 9.59 Å². The summed E-state index contributed by atoms with van der Waals surface area (Å²) in [5.74, 6) is 0.483. The molecule has 22 heavy (non-hydrogen) atoms. The average Bonchev–Trinajstić information content (AvgIpc) is 2.53. The number of ketones is 1. The third-order valence-corrected chi connectivity index (χ3v) is 3.53. The standard InChI is InChI=1S/C16H20N2O4/c1-13(19)7-8-15(20)17-9-11-18(12-10-17)16(21)22-14-5-3-2-4-6-14/h2-6H,7-12H2,1H3. The third-order valence-electron chi connectivity index (χ3n) is 3.53. The number of carbonyl (C=O) groups excluding carboxylic acids is 3. The van der Waals surface area contributed by atoms with Gasteiger partial charge < -0.3 is 19.3 Å². The van der Waals surface area contributed by atoms with Crippen molar-refractivity contribution >= 4 is 17.8 Å². The van der Waals surface area contributed by atoms with Gasteiger partial charge in [-0.3, -0.25) is 4.79 Å². The molecule has 1 saturated heterocycles. The number of nitrogens with zero attached hydrogens (tertiary/aromatic N) is 2. The van der Waals surface area contributed by atoms with Crippen LogP contribution in [0.5, 0.6) is 5.75 Å². The maximum absolute atomic E-state index is 12.0. The first-order valence-electron chi connectivity index (χ1n) is 7.35. The van der Waals surface area contributed by atoms with Crippen LogP contribution >= 0.6 is 0 Å². The summed E-state index contributed by atoms with van der Waals surface area (Å²) >= 11 is 0. The van der Waals surface area contributed by atoms with E-state index in [9.17, 15) is 14.4 Å². The number of para-hydroxylation sites is 1. The fourth-order valence-corrected chi connectivity index (χ4v) is 2.23. The topological polar surface area (TPSA) is 66.9 Å². The van der Waals surface area contributed by atoms with Crippen molar-refractivity contribution in [3.8, 4) is 5.75 Å². The van der Waals surface area contributed by atoms with Crippen LogP contribution in [0.1, 0.15) is 19.8 Å². The Morgan fingerprint density at radius 3 is 2.14 bits per heavy atom. The molecule has 0 bridgehead atoms. The maximum Gasteiger partial charge on any atom is 0.415 e. The number of carbonyl (C=O) groups is 3. The lowest BCUT2D eigenvalue weighted by Crippen LogP contribution is -2.51. The number of Topliss-reactive ketones (excluding diaryl/α,β-unsaturated/α-hetero) is 1. The highest BCUT2D eigenvalue weighted by Crippen LogP contribution is 2.12. The Kier molecular flexibility index (Phi) is 5.52. The number of ether oxygens (including phenoxy) is 1. The molecule has 1 aliphatic heterocycles. The first kappa shape index (κ1) is 16.0. The van der Waals surface area contributed by atoms with Gasteiger partial charge in [0.05, 0.1) is 0 Å². The number of benzene rings is 1. The zero-order valence-corrected chi connectivity index (χ0v) is 12.7. The van der Waals surface area contributed by atoms with Gasteiger partial charge in [-0.05, 0) is 19.1 Å². The smallest absolute Gasteiger partial charge is 0.410 e. The van der Waals surface area contributed by atoms with Crippen molar-refractivity contribution in [3.05, 3.63) is 30.3 Å². The molecule has 1 aliphatic rings. The van der Waals surface area contributed by atoms with Crippen LogP contribution < -0.4 is 4.74 Å². The van der Waals surface area contributed by atoms with Gasteiger partial charge in [0.15, 0.2) is 0 Å². The summed E-state index contributed by atoms with van der Waals surface area (Å²) in [6, 6.07) is 8.89. The Hall–Kier alpha value is -2.37. The van der Waals surface area contributed by atoms with E-state index in [1.165, 1.54) is 6.92 Å². The van der Waals surface area contributed by atoms with Gasteiger partial charge in [-0.2, -0.15) is 0 Å². The molecule has 6 heteroatoms. The molecule has 1 aromatic carbocycles. The monoisotopic (exact) mass is 304 g/mol. The van der Waals surface area contributed by atoms with Crippen LogP contribution in [-0.4, -0.2) is 53.8 Å². The van der Waals surface area contributed by atoms with Gasteiger partial charge in [0, 0.05) is 39.0 Å². The lowest BCUT2D eigenvalue weighted by Gasteiger charge is -2.34. The van der Waals surface area contributed by atoms with E-state index in [2.05, 4.69) is 0 Å². The van der Waals surface area contributed by atoms with E-state index in [1.807, 2.05) is 6.07 Å². The summed E-state index contributed by atoms with van der Waals surface area (Å²) < 4.78 is 5.27. The molecule has 6 nitrogen and oxygen atoms in total. The molecule has 0 aliphatic carbocycles. The average molecular weight is 304 g/mol. The normalized spacial score (nSPS) is 14.6. The summed E-state index contributed by atoms with van der Waals surface area (Å²) in [6.07, 6.45) is 0.112. The summed E-state index contributed by atoms with van der Waals surface area (Å²) in [7, 11) is 0. The number of amides is 2. The number of hydrogen-bond donors (Lipinski definition) is 0. The van der Waals surface area contributed by atoms with E-state index in [0.717, 1.165) is 0 Å². The maximum atomic E-state index is 12.0. The Balaban J connectivity index is 1.78.